The Balaban J connectivity index is 0.873. The number of carbonyl (C=O) groups excluding carboxylic acids is 3. The highest BCUT2D eigenvalue weighted by atomic mass is 16.5. The molecule has 3 N–H and O–H groups in total. The summed E-state index contributed by atoms with van der Waals surface area (Å²) in [6.07, 6.45) is 10.6. The molecule has 0 spiro atoms. The lowest BCUT2D eigenvalue weighted by molar-refractivity contribution is -0.139. The Bertz CT molecular complexity index is 2630. The quantitative estimate of drug-likeness (QED) is 0.125. The normalized spacial score (nSPS) is 22.5. The molecule has 0 bridgehead atoms. The molecule has 12 nitrogen and oxygen atoms in total. The van der Waals surface area contributed by atoms with Crippen molar-refractivity contribution in [3.05, 3.63) is 108 Å². The number of rotatable bonds is 10. The Kier molecular flexibility index (Phi) is 11.3. The van der Waals surface area contributed by atoms with Crippen LogP contribution < -0.4 is 5.32 Å². The Morgan fingerprint density at radius 2 is 1.48 bits per heavy atom. The summed E-state index contributed by atoms with van der Waals surface area (Å²) in [7, 11) is 1.33. The van der Waals surface area contributed by atoms with Crippen LogP contribution in [0.2, 0.25) is 0 Å². The number of likely N-dealkylation sites (tertiary alicyclic amines) is 3. The Morgan fingerprint density at radius 3 is 2.25 bits per heavy atom. The van der Waals surface area contributed by atoms with Gasteiger partial charge >= 0.3 is 6.09 Å². The van der Waals surface area contributed by atoms with Gasteiger partial charge in [-0.2, -0.15) is 0 Å². The molecule has 63 heavy (non-hydrogen) atoms. The van der Waals surface area contributed by atoms with Crippen LogP contribution in [0.5, 0.6) is 0 Å². The van der Waals surface area contributed by atoms with E-state index in [2.05, 4.69) is 91.8 Å². The zero-order chi connectivity index (χ0) is 43.2. The van der Waals surface area contributed by atoms with Crippen molar-refractivity contribution in [3.8, 4) is 22.4 Å². The third-order valence-corrected chi connectivity index (χ3v) is 14.3. The number of imidazole rings is 2. The number of nitrogens with one attached hydrogen (secondary N) is 3. The summed E-state index contributed by atoms with van der Waals surface area (Å²) in [5, 5.41) is 5.07. The molecule has 4 aromatic carbocycles. The number of aromatic amines is 2. The average Bonchev–Trinajstić information content (AvgIpc) is 4.17. The molecule has 10 rings (SSSR count). The van der Waals surface area contributed by atoms with Gasteiger partial charge in [0, 0.05) is 18.2 Å². The summed E-state index contributed by atoms with van der Waals surface area (Å²) in [6.45, 7) is 6.54. The number of alkyl carbamates (subject to hydrolysis) is 1. The molecule has 12 heteroatoms. The van der Waals surface area contributed by atoms with Gasteiger partial charge in [-0.3, -0.25) is 14.5 Å². The van der Waals surface area contributed by atoms with Gasteiger partial charge in [-0.25, -0.2) is 14.8 Å². The SMILES string of the molecule is COC(=O)N[C@H](C(=O)N1[C@H](c2nc3ccc(-c4ccc5cc(-c6cnc([C@@H]7CCCN7C(=O)[C@@H](c7ccccc7)N7CCCC7)[nH]6)ccc5c4)cc3[nH]2)C[C@@H]2CCCC[C@@H]21)C(C)C. The number of hydrogen-bond donors (Lipinski definition) is 3. The van der Waals surface area contributed by atoms with Crippen molar-refractivity contribution >= 4 is 39.7 Å². The number of aromatic nitrogens is 4. The molecule has 0 radical (unpaired) electrons. The van der Waals surface area contributed by atoms with Crippen molar-refractivity contribution < 1.29 is 19.1 Å². The lowest BCUT2D eigenvalue weighted by atomic mass is 9.84. The maximum atomic E-state index is 14.4. The third-order valence-electron chi connectivity index (χ3n) is 14.3. The van der Waals surface area contributed by atoms with Gasteiger partial charge in [0.2, 0.25) is 11.8 Å². The lowest BCUT2D eigenvalue weighted by Crippen LogP contribution is -2.53. The van der Waals surface area contributed by atoms with Crippen LogP contribution in [0, 0.1) is 11.8 Å². The van der Waals surface area contributed by atoms with Crippen LogP contribution in [0.15, 0.2) is 91.1 Å². The van der Waals surface area contributed by atoms with Crippen molar-refractivity contribution in [1.29, 1.82) is 0 Å². The Morgan fingerprint density at radius 1 is 0.746 bits per heavy atom. The van der Waals surface area contributed by atoms with Gasteiger partial charge in [0.25, 0.3) is 0 Å². The molecule has 3 saturated heterocycles. The van der Waals surface area contributed by atoms with Gasteiger partial charge in [0.1, 0.15) is 23.7 Å². The molecular weight excluding hydrogens is 789 g/mol. The second-order valence-electron chi connectivity index (χ2n) is 18.5. The maximum absolute atomic E-state index is 14.4. The maximum Gasteiger partial charge on any atom is 0.407 e. The first kappa shape index (κ1) is 41.0. The van der Waals surface area contributed by atoms with Gasteiger partial charge in [-0.15, -0.1) is 0 Å². The lowest BCUT2D eigenvalue weighted by Gasteiger charge is -2.36. The summed E-state index contributed by atoms with van der Waals surface area (Å²) in [5.74, 6) is 2.05. The van der Waals surface area contributed by atoms with E-state index in [1.807, 2.05) is 43.1 Å². The first-order chi connectivity index (χ1) is 30.7. The first-order valence-corrected chi connectivity index (χ1v) is 23.1. The fourth-order valence-corrected chi connectivity index (χ4v) is 11.1. The summed E-state index contributed by atoms with van der Waals surface area (Å²) < 4.78 is 4.90. The minimum Gasteiger partial charge on any atom is -0.453 e. The van der Waals surface area contributed by atoms with Gasteiger partial charge in [0.15, 0.2) is 0 Å². The van der Waals surface area contributed by atoms with E-state index in [1.165, 1.54) is 13.5 Å². The van der Waals surface area contributed by atoms with Crippen molar-refractivity contribution in [3.63, 3.8) is 0 Å². The first-order valence-electron chi connectivity index (χ1n) is 23.1. The molecule has 2 aromatic heterocycles. The molecule has 0 unspecified atom stereocenters. The van der Waals surface area contributed by atoms with E-state index in [-0.39, 0.29) is 41.9 Å². The van der Waals surface area contributed by atoms with Crippen molar-refractivity contribution in [2.75, 3.05) is 26.7 Å². The summed E-state index contributed by atoms with van der Waals surface area (Å²) in [4.78, 5) is 64.6. The second-order valence-corrected chi connectivity index (χ2v) is 18.5. The number of hydrogen-bond acceptors (Lipinski definition) is 7. The van der Waals surface area contributed by atoms with Crippen LogP contribution in [-0.4, -0.2) is 91.4 Å². The van der Waals surface area contributed by atoms with Crippen molar-refractivity contribution in [1.82, 2.24) is 40.0 Å². The molecule has 1 aliphatic carbocycles. The number of carbonyl (C=O) groups is 3. The van der Waals surface area contributed by atoms with Crippen molar-refractivity contribution in [2.24, 2.45) is 11.8 Å². The number of H-pyrrole nitrogens is 2. The number of fused-ring (bicyclic) bond motifs is 3. The van der Waals surface area contributed by atoms with Gasteiger partial charge < -0.3 is 29.8 Å². The summed E-state index contributed by atoms with van der Waals surface area (Å²) in [5.41, 5.74) is 7.03. The third kappa shape index (κ3) is 7.87. The van der Waals surface area contributed by atoms with Gasteiger partial charge in [0.05, 0.1) is 42.1 Å². The molecule has 4 fully saturated rings. The largest absolute Gasteiger partial charge is 0.453 e. The van der Waals surface area contributed by atoms with E-state index in [0.29, 0.717) is 5.92 Å². The zero-order valence-electron chi connectivity index (χ0n) is 36.6. The summed E-state index contributed by atoms with van der Waals surface area (Å²) >= 11 is 0. The monoisotopic (exact) mass is 846 g/mol. The van der Waals surface area contributed by atoms with Crippen LogP contribution in [0.1, 0.15) is 107 Å². The smallest absolute Gasteiger partial charge is 0.407 e. The number of benzene rings is 4. The molecule has 3 aliphatic heterocycles. The minimum atomic E-state index is -0.685. The standard InChI is InChI=1S/C51H58N8O4/c1-31(2)45(56-51(62)63-3)49(60)59-42-15-8-7-14-38(42)29-44(59)48-53-39-22-21-36(28-40(39)54-48)34-17-18-35-27-37(20-19-33(35)26-34)41-30-52-47(55-41)43-16-11-25-58(43)50(61)46(57-23-9-10-24-57)32-12-5-4-6-13-32/h4-6,12-13,17-22,26-28,30-31,38,42-46H,7-11,14-16,23-25,29H2,1-3H3,(H,52,55)(H,53,54)(H,56,62)/t38-,42-,43-,44-,45-,46+/m0/s1. The van der Waals surface area contributed by atoms with E-state index in [4.69, 9.17) is 14.7 Å². The molecule has 326 valence electrons. The van der Waals surface area contributed by atoms with Gasteiger partial charge in [-0.05, 0) is 122 Å². The molecule has 6 aromatic rings. The van der Waals surface area contributed by atoms with E-state index in [0.717, 1.165) is 132 Å². The highest BCUT2D eigenvalue weighted by Gasteiger charge is 2.48. The highest BCUT2D eigenvalue weighted by molar-refractivity contribution is 5.92. The number of amides is 3. The van der Waals surface area contributed by atoms with E-state index in [9.17, 15) is 14.4 Å². The molecular formula is C51H58N8O4. The predicted octanol–water partition coefficient (Wildman–Crippen LogP) is 9.49. The van der Waals surface area contributed by atoms with Crippen LogP contribution >= 0.6 is 0 Å². The molecule has 6 atom stereocenters. The van der Waals surface area contributed by atoms with Crippen LogP contribution in [0.25, 0.3) is 44.2 Å². The van der Waals surface area contributed by atoms with Gasteiger partial charge in [-0.1, -0.05) is 87.4 Å². The average molecular weight is 847 g/mol. The predicted molar refractivity (Wildman–Crippen MR) is 244 cm³/mol. The molecule has 1 saturated carbocycles. The number of nitrogens with zero attached hydrogens (tertiary/aromatic N) is 5. The number of methoxy groups -OCH3 is 1. The van der Waals surface area contributed by atoms with E-state index in [1.54, 1.807) is 0 Å². The topological polar surface area (TPSA) is 140 Å². The van der Waals surface area contributed by atoms with E-state index < -0.39 is 12.1 Å². The summed E-state index contributed by atoms with van der Waals surface area (Å²) in [6, 6.07) is 28.6. The highest BCUT2D eigenvalue weighted by Crippen LogP contribution is 2.47. The molecule has 4 aliphatic rings. The van der Waals surface area contributed by atoms with E-state index >= 15 is 0 Å². The molecule has 3 amide bonds. The minimum absolute atomic E-state index is 0.0688. The molecule has 5 heterocycles. The van der Waals surface area contributed by atoms with Crippen LogP contribution in [0.3, 0.4) is 0 Å². The van der Waals surface area contributed by atoms with Crippen molar-refractivity contribution in [2.45, 2.75) is 102 Å². The fourth-order valence-electron chi connectivity index (χ4n) is 11.1. The van der Waals surface area contributed by atoms with Crippen LogP contribution in [-0.2, 0) is 14.3 Å². The zero-order valence-corrected chi connectivity index (χ0v) is 36.6. The number of ether oxygens (including phenoxy) is 1. The Hall–Kier alpha value is -6.01. The Labute approximate surface area is 368 Å². The fraction of sp³-hybridized carbons (Fsp3) is 0.431. The second kappa shape index (κ2) is 17.3. The van der Waals surface area contributed by atoms with Crippen LogP contribution in [0.4, 0.5) is 4.79 Å².